The number of halogens is 1. The summed E-state index contributed by atoms with van der Waals surface area (Å²) in [5, 5.41) is 3.35. The maximum atomic E-state index is 5.17. The summed E-state index contributed by atoms with van der Waals surface area (Å²) in [4.78, 5) is 4.48. The first-order valence-electron chi connectivity index (χ1n) is 4.74. The number of fused-ring (bicyclic) bond motifs is 1. The molecule has 1 N–H and O–H groups in total. The largest absolute Gasteiger partial charge is 0.480 e. The lowest BCUT2D eigenvalue weighted by Crippen LogP contribution is -2.16. The van der Waals surface area contributed by atoms with Crippen molar-refractivity contribution in [1.82, 2.24) is 10.3 Å². The molecule has 0 aromatic carbocycles. The van der Waals surface area contributed by atoms with E-state index < -0.39 is 0 Å². The molecular formula is C10H13BrN2O. The van der Waals surface area contributed by atoms with Crippen LogP contribution in [0.25, 0.3) is 0 Å². The van der Waals surface area contributed by atoms with Gasteiger partial charge in [-0.15, -0.1) is 0 Å². The molecule has 76 valence electrons. The fourth-order valence-electron chi connectivity index (χ4n) is 1.68. The molecule has 0 bridgehead atoms. The number of pyridine rings is 1. The number of methoxy groups -OCH3 is 1. The van der Waals surface area contributed by atoms with Crippen LogP contribution in [-0.4, -0.2) is 25.2 Å². The summed E-state index contributed by atoms with van der Waals surface area (Å²) in [6.45, 7) is 2.04. The molecule has 0 atom stereocenters. The van der Waals surface area contributed by atoms with E-state index in [4.69, 9.17) is 4.74 Å². The van der Waals surface area contributed by atoms with Crippen molar-refractivity contribution in [2.75, 3.05) is 20.2 Å². The minimum absolute atomic E-state index is 0.686. The number of rotatable bonds is 1. The Kier molecular flexibility index (Phi) is 3.03. The second-order valence-electron chi connectivity index (χ2n) is 3.34. The molecule has 0 radical (unpaired) electrons. The smallest absolute Gasteiger partial charge is 0.227 e. The summed E-state index contributed by atoms with van der Waals surface area (Å²) in [5.41, 5.74) is 2.48. The van der Waals surface area contributed by atoms with E-state index >= 15 is 0 Å². The maximum absolute atomic E-state index is 5.17. The normalized spacial score (nSPS) is 15.9. The Labute approximate surface area is 92.0 Å². The van der Waals surface area contributed by atoms with Crippen LogP contribution >= 0.6 is 15.9 Å². The molecule has 1 aliphatic rings. The number of ether oxygens (including phenoxy) is 1. The third-order valence-corrected chi connectivity index (χ3v) is 2.98. The molecule has 0 saturated carbocycles. The molecule has 0 fully saturated rings. The highest BCUT2D eigenvalue weighted by Crippen LogP contribution is 2.26. The van der Waals surface area contributed by atoms with E-state index in [1.165, 1.54) is 5.56 Å². The zero-order valence-corrected chi connectivity index (χ0v) is 9.73. The van der Waals surface area contributed by atoms with Crippen LogP contribution in [0, 0.1) is 0 Å². The zero-order chi connectivity index (χ0) is 9.97. The number of hydrogen-bond acceptors (Lipinski definition) is 3. The standard InChI is InChI=1S/C10H13BrN2O/c1-14-10-8(11)6-7-2-4-12-5-3-9(7)13-10/h6,12H,2-5H2,1H3. The Bertz CT molecular complexity index is 341. The highest BCUT2D eigenvalue weighted by atomic mass is 79.9. The average molecular weight is 257 g/mol. The second kappa shape index (κ2) is 4.28. The van der Waals surface area contributed by atoms with Gasteiger partial charge in [0.05, 0.1) is 11.6 Å². The Morgan fingerprint density at radius 3 is 3.00 bits per heavy atom. The third-order valence-electron chi connectivity index (χ3n) is 2.42. The van der Waals surface area contributed by atoms with Crippen molar-refractivity contribution >= 4 is 15.9 Å². The molecule has 1 aromatic heterocycles. The monoisotopic (exact) mass is 256 g/mol. The maximum Gasteiger partial charge on any atom is 0.227 e. The van der Waals surface area contributed by atoms with Gasteiger partial charge in [0.25, 0.3) is 0 Å². The first-order chi connectivity index (χ1) is 6.81. The lowest BCUT2D eigenvalue weighted by Gasteiger charge is -2.08. The van der Waals surface area contributed by atoms with Gasteiger partial charge in [0.2, 0.25) is 5.88 Å². The summed E-state index contributed by atoms with van der Waals surface area (Å²) in [6, 6.07) is 2.12. The van der Waals surface area contributed by atoms with Crippen LogP contribution in [0.5, 0.6) is 5.88 Å². The number of nitrogens with one attached hydrogen (secondary N) is 1. The quantitative estimate of drug-likeness (QED) is 0.828. The van der Waals surface area contributed by atoms with E-state index in [1.54, 1.807) is 7.11 Å². The number of nitrogens with zero attached hydrogens (tertiary/aromatic N) is 1. The molecular weight excluding hydrogens is 244 g/mol. The van der Waals surface area contributed by atoms with Gasteiger partial charge in [-0.25, -0.2) is 4.98 Å². The molecule has 3 nitrogen and oxygen atoms in total. The molecule has 0 saturated heterocycles. The molecule has 1 aromatic rings. The third kappa shape index (κ3) is 1.91. The van der Waals surface area contributed by atoms with Crippen LogP contribution < -0.4 is 10.1 Å². The average Bonchev–Trinajstić information content (AvgIpc) is 2.41. The predicted molar refractivity (Wildman–Crippen MR) is 58.8 cm³/mol. The highest BCUT2D eigenvalue weighted by molar-refractivity contribution is 9.10. The van der Waals surface area contributed by atoms with Gasteiger partial charge < -0.3 is 10.1 Å². The molecule has 0 aliphatic carbocycles. The summed E-state index contributed by atoms with van der Waals surface area (Å²) >= 11 is 3.45. The topological polar surface area (TPSA) is 34.1 Å². The fourth-order valence-corrected chi connectivity index (χ4v) is 2.20. The molecule has 2 rings (SSSR count). The molecule has 0 unspecified atom stereocenters. The lowest BCUT2D eigenvalue weighted by molar-refractivity contribution is 0.393. The SMILES string of the molecule is COc1nc2c(cc1Br)CCNCC2. The summed E-state index contributed by atoms with van der Waals surface area (Å²) in [7, 11) is 1.65. The van der Waals surface area contributed by atoms with Crippen molar-refractivity contribution in [2.45, 2.75) is 12.8 Å². The molecule has 4 heteroatoms. The molecule has 2 heterocycles. The second-order valence-corrected chi connectivity index (χ2v) is 4.19. The van der Waals surface area contributed by atoms with E-state index in [0.29, 0.717) is 5.88 Å². The van der Waals surface area contributed by atoms with E-state index in [1.807, 2.05) is 0 Å². The van der Waals surface area contributed by atoms with Crippen molar-refractivity contribution in [3.8, 4) is 5.88 Å². The summed E-state index contributed by atoms with van der Waals surface area (Å²) in [5.74, 6) is 0.686. The van der Waals surface area contributed by atoms with Gasteiger partial charge in [0, 0.05) is 18.7 Å². The van der Waals surface area contributed by atoms with Gasteiger partial charge in [-0.3, -0.25) is 0 Å². The molecule has 1 aliphatic heterocycles. The Balaban J connectivity index is 2.41. The van der Waals surface area contributed by atoms with Gasteiger partial charge in [-0.2, -0.15) is 0 Å². The van der Waals surface area contributed by atoms with Crippen molar-refractivity contribution in [2.24, 2.45) is 0 Å². The van der Waals surface area contributed by atoms with Crippen molar-refractivity contribution in [3.05, 3.63) is 21.8 Å². The fraction of sp³-hybridized carbons (Fsp3) is 0.500. The van der Waals surface area contributed by atoms with Crippen LogP contribution in [0.3, 0.4) is 0 Å². The molecule has 0 spiro atoms. The van der Waals surface area contributed by atoms with Gasteiger partial charge in [0.1, 0.15) is 0 Å². The van der Waals surface area contributed by atoms with Crippen LogP contribution in [0.1, 0.15) is 11.3 Å². The highest BCUT2D eigenvalue weighted by Gasteiger charge is 2.12. The first-order valence-corrected chi connectivity index (χ1v) is 5.53. The van der Waals surface area contributed by atoms with E-state index in [-0.39, 0.29) is 0 Å². The van der Waals surface area contributed by atoms with Crippen molar-refractivity contribution in [1.29, 1.82) is 0 Å². The van der Waals surface area contributed by atoms with Crippen molar-refractivity contribution in [3.63, 3.8) is 0 Å². The van der Waals surface area contributed by atoms with E-state index in [9.17, 15) is 0 Å². The van der Waals surface area contributed by atoms with Crippen LogP contribution in [0.15, 0.2) is 10.5 Å². The Hall–Kier alpha value is -0.610. The number of hydrogen-bond donors (Lipinski definition) is 1. The minimum Gasteiger partial charge on any atom is -0.480 e. The Morgan fingerprint density at radius 2 is 2.21 bits per heavy atom. The summed E-state index contributed by atoms with van der Waals surface area (Å²) < 4.78 is 6.12. The van der Waals surface area contributed by atoms with E-state index in [2.05, 4.69) is 32.3 Å². The molecule has 14 heavy (non-hydrogen) atoms. The zero-order valence-electron chi connectivity index (χ0n) is 8.14. The van der Waals surface area contributed by atoms with Crippen LogP contribution in [-0.2, 0) is 12.8 Å². The van der Waals surface area contributed by atoms with Gasteiger partial charge in [-0.1, -0.05) is 0 Å². The molecule has 0 amide bonds. The van der Waals surface area contributed by atoms with Gasteiger partial charge in [0.15, 0.2) is 0 Å². The van der Waals surface area contributed by atoms with Crippen LogP contribution in [0.2, 0.25) is 0 Å². The van der Waals surface area contributed by atoms with Gasteiger partial charge in [-0.05, 0) is 40.5 Å². The first kappa shape index (κ1) is 9.93. The lowest BCUT2D eigenvalue weighted by atomic mass is 10.1. The van der Waals surface area contributed by atoms with E-state index in [0.717, 1.165) is 36.1 Å². The van der Waals surface area contributed by atoms with Crippen molar-refractivity contribution < 1.29 is 4.74 Å². The van der Waals surface area contributed by atoms with Gasteiger partial charge >= 0.3 is 0 Å². The predicted octanol–water partition coefficient (Wildman–Crippen LogP) is 1.54. The Morgan fingerprint density at radius 1 is 1.43 bits per heavy atom. The summed E-state index contributed by atoms with van der Waals surface area (Å²) in [6.07, 6.45) is 2.03. The van der Waals surface area contributed by atoms with Crippen LogP contribution in [0.4, 0.5) is 0 Å². The minimum atomic E-state index is 0.686. The number of aromatic nitrogens is 1.